The lowest BCUT2D eigenvalue weighted by atomic mass is 10.0. The molecule has 2 rings (SSSR count). The van der Waals surface area contributed by atoms with Gasteiger partial charge in [-0.25, -0.2) is 4.79 Å². The second kappa shape index (κ2) is 3.56. The van der Waals surface area contributed by atoms with Crippen LogP contribution in [0.4, 0.5) is 4.79 Å². The molecule has 0 aromatic rings. The van der Waals surface area contributed by atoms with E-state index in [4.69, 9.17) is 4.74 Å². The van der Waals surface area contributed by atoms with E-state index in [1.54, 1.807) is 0 Å². The summed E-state index contributed by atoms with van der Waals surface area (Å²) >= 11 is 0. The fraction of sp³-hybridized carbons (Fsp3) is 0.900. The molecule has 0 radical (unpaired) electrons. The van der Waals surface area contributed by atoms with E-state index < -0.39 is 0 Å². The molecule has 0 aliphatic carbocycles. The molecule has 0 aromatic heterocycles. The smallest absolute Gasteiger partial charge is 0.410 e. The number of ether oxygens (including phenoxy) is 1. The van der Waals surface area contributed by atoms with E-state index in [-0.39, 0.29) is 6.09 Å². The van der Waals surface area contributed by atoms with Gasteiger partial charge >= 0.3 is 6.09 Å². The van der Waals surface area contributed by atoms with Gasteiger partial charge in [-0.05, 0) is 39.0 Å². The molecule has 2 aliphatic heterocycles. The molecule has 1 amide bonds. The number of hydrogen-bond donors (Lipinski definition) is 0. The third-order valence-corrected chi connectivity index (χ3v) is 3.17. The lowest BCUT2D eigenvalue weighted by Crippen LogP contribution is -2.44. The number of nitrogens with zero attached hydrogens (tertiary/aromatic N) is 1. The molecule has 0 unspecified atom stereocenters. The summed E-state index contributed by atoms with van der Waals surface area (Å²) in [7, 11) is 0. The first kappa shape index (κ1) is 8.85. The molecular weight excluding hydrogens is 166 g/mol. The van der Waals surface area contributed by atoms with Gasteiger partial charge in [-0.2, -0.15) is 0 Å². The van der Waals surface area contributed by atoms with Gasteiger partial charge in [0.25, 0.3) is 0 Å². The summed E-state index contributed by atoms with van der Waals surface area (Å²) in [5, 5.41) is 0. The first-order valence-electron chi connectivity index (χ1n) is 5.28. The molecule has 2 saturated heterocycles. The maximum Gasteiger partial charge on any atom is 0.410 e. The molecule has 3 heteroatoms. The van der Waals surface area contributed by atoms with Crippen LogP contribution in [0.2, 0.25) is 0 Å². The number of carbonyl (C=O) groups excluding carboxylic acids is 1. The third-order valence-electron chi connectivity index (χ3n) is 3.17. The van der Waals surface area contributed by atoms with Crippen LogP contribution in [-0.2, 0) is 4.74 Å². The Balaban J connectivity index is 2.02. The molecule has 74 valence electrons. The van der Waals surface area contributed by atoms with Crippen molar-refractivity contribution in [1.29, 1.82) is 0 Å². The molecule has 2 aliphatic rings. The summed E-state index contributed by atoms with van der Waals surface area (Å²) in [5.41, 5.74) is 0. The Labute approximate surface area is 79.0 Å². The third kappa shape index (κ3) is 1.52. The highest BCUT2D eigenvalue weighted by Gasteiger charge is 2.40. The summed E-state index contributed by atoms with van der Waals surface area (Å²) in [6.45, 7) is 2.36. The maximum atomic E-state index is 11.6. The van der Waals surface area contributed by atoms with Crippen LogP contribution < -0.4 is 0 Å². The monoisotopic (exact) mass is 183 g/mol. The van der Waals surface area contributed by atoms with Crippen molar-refractivity contribution >= 4 is 6.09 Å². The van der Waals surface area contributed by atoms with E-state index in [1.807, 2.05) is 11.8 Å². The second-order valence-corrected chi connectivity index (χ2v) is 3.92. The van der Waals surface area contributed by atoms with Crippen molar-refractivity contribution in [2.24, 2.45) is 0 Å². The second-order valence-electron chi connectivity index (χ2n) is 3.92. The van der Waals surface area contributed by atoms with Crippen LogP contribution in [0.15, 0.2) is 0 Å². The predicted molar refractivity (Wildman–Crippen MR) is 49.5 cm³/mol. The van der Waals surface area contributed by atoms with Gasteiger partial charge < -0.3 is 9.64 Å². The standard InChI is InChI=1S/C10H17NO2/c1-2-13-10(12)11-8-4-3-5-9(11)7-6-8/h8-9H,2-7H2,1H3/t8-,9+. The van der Waals surface area contributed by atoms with Crippen LogP contribution in [0.1, 0.15) is 39.0 Å². The lowest BCUT2D eigenvalue weighted by Gasteiger charge is -2.33. The highest BCUT2D eigenvalue weighted by Crippen LogP contribution is 2.35. The van der Waals surface area contributed by atoms with Crippen LogP contribution in [0, 0.1) is 0 Å². The Kier molecular flexibility index (Phi) is 2.42. The normalized spacial score (nSPS) is 31.9. The summed E-state index contributed by atoms with van der Waals surface area (Å²) in [5.74, 6) is 0. The zero-order valence-electron chi connectivity index (χ0n) is 8.16. The first-order valence-corrected chi connectivity index (χ1v) is 5.28. The van der Waals surface area contributed by atoms with E-state index in [1.165, 1.54) is 32.1 Å². The Morgan fingerprint density at radius 3 is 2.46 bits per heavy atom. The zero-order chi connectivity index (χ0) is 9.26. The van der Waals surface area contributed by atoms with Gasteiger partial charge in [0.05, 0.1) is 6.61 Å². The fourth-order valence-corrected chi connectivity index (χ4v) is 2.61. The quantitative estimate of drug-likeness (QED) is 0.623. The molecule has 2 atom stereocenters. The van der Waals surface area contributed by atoms with Crippen LogP contribution in [0.5, 0.6) is 0 Å². The molecular formula is C10H17NO2. The Morgan fingerprint density at radius 1 is 1.31 bits per heavy atom. The zero-order valence-corrected chi connectivity index (χ0v) is 8.16. The van der Waals surface area contributed by atoms with E-state index >= 15 is 0 Å². The predicted octanol–water partition coefficient (Wildman–Crippen LogP) is 2.16. The van der Waals surface area contributed by atoms with Crippen LogP contribution in [0.3, 0.4) is 0 Å². The van der Waals surface area contributed by atoms with Crippen molar-refractivity contribution in [2.45, 2.75) is 51.1 Å². The maximum absolute atomic E-state index is 11.6. The van der Waals surface area contributed by atoms with Gasteiger partial charge in [-0.1, -0.05) is 0 Å². The van der Waals surface area contributed by atoms with Crippen molar-refractivity contribution < 1.29 is 9.53 Å². The van der Waals surface area contributed by atoms with Crippen molar-refractivity contribution in [3.8, 4) is 0 Å². The highest BCUT2D eigenvalue weighted by molar-refractivity contribution is 5.69. The Bertz CT molecular complexity index is 189. The highest BCUT2D eigenvalue weighted by atomic mass is 16.6. The number of rotatable bonds is 1. The van der Waals surface area contributed by atoms with Gasteiger partial charge in [0.2, 0.25) is 0 Å². The average Bonchev–Trinajstić information content (AvgIpc) is 2.37. The molecule has 2 bridgehead atoms. The van der Waals surface area contributed by atoms with E-state index in [0.29, 0.717) is 18.7 Å². The topological polar surface area (TPSA) is 29.5 Å². The largest absolute Gasteiger partial charge is 0.450 e. The Morgan fingerprint density at radius 2 is 1.92 bits per heavy atom. The fourth-order valence-electron chi connectivity index (χ4n) is 2.61. The summed E-state index contributed by atoms with van der Waals surface area (Å²) in [6.07, 6.45) is 5.91. The number of carbonyl (C=O) groups is 1. The Hall–Kier alpha value is -0.730. The molecule has 0 saturated carbocycles. The van der Waals surface area contributed by atoms with Gasteiger partial charge in [0, 0.05) is 12.1 Å². The summed E-state index contributed by atoms with van der Waals surface area (Å²) in [6, 6.07) is 0.968. The van der Waals surface area contributed by atoms with Gasteiger partial charge in [0.1, 0.15) is 0 Å². The number of hydrogen-bond acceptors (Lipinski definition) is 2. The van der Waals surface area contributed by atoms with Crippen LogP contribution in [-0.4, -0.2) is 29.7 Å². The molecule has 0 N–H and O–H groups in total. The molecule has 0 aromatic carbocycles. The number of piperidine rings is 1. The number of amides is 1. The molecule has 3 nitrogen and oxygen atoms in total. The average molecular weight is 183 g/mol. The van der Waals surface area contributed by atoms with Crippen molar-refractivity contribution in [3.05, 3.63) is 0 Å². The van der Waals surface area contributed by atoms with Crippen LogP contribution >= 0.6 is 0 Å². The van der Waals surface area contributed by atoms with Gasteiger partial charge in [-0.3, -0.25) is 0 Å². The molecule has 2 heterocycles. The number of fused-ring (bicyclic) bond motifs is 2. The van der Waals surface area contributed by atoms with Gasteiger partial charge in [0.15, 0.2) is 0 Å². The van der Waals surface area contributed by atoms with E-state index in [2.05, 4.69) is 0 Å². The van der Waals surface area contributed by atoms with Crippen LogP contribution in [0.25, 0.3) is 0 Å². The van der Waals surface area contributed by atoms with Crippen molar-refractivity contribution in [3.63, 3.8) is 0 Å². The molecule has 0 spiro atoms. The SMILES string of the molecule is CCOC(=O)N1[C@@H]2CCC[C@H]1CC2. The minimum absolute atomic E-state index is 0.0882. The van der Waals surface area contributed by atoms with E-state index in [0.717, 1.165) is 0 Å². The van der Waals surface area contributed by atoms with Gasteiger partial charge in [-0.15, -0.1) is 0 Å². The molecule has 2 fully saturated rings. The first-order chi connectivity index (χ1) is 6.33. The summed E-state index contributed by atoms with van der Waals surface area (Å²) in [4.78, 5) is 13.5. The molecule has 13 heavy (non-hydrogen) atoms. The van der Waals surface area contributed by atoms with Crippen molar-refractivity contribution in [2.75, 3.05) is 6.61 Å². The minimum Gasteiger partial charge on any atom is -0.450 e. The van der Waals surface area contributed by atoms with Crippen molar-refractivity contribution in [1.82, 2.24) is 4.90 Å². The minimum atomic E-state index is -0.0882. The lowest BCUT2D eigenvalue weighted by molar-refractivity contribution is 0.0735. The van der Waals surface area contributed by atoms with E-state index in [9.17, 15) is 4.79 Å². The summed E-state index contributed by atoms with van der Waals surface area (Å²) < 4.78 is 5.05.